The van der Waals surface area contributed by atoms with E-state index in [1.165, 1.54) is 6.07 Å². The molecule has 2 atom stereocenters. The molecule has 2 unspecified atom stereocenters. The van der Waals surface area contributed by atoms with Crippen molar-refractivity contribution < 1.29 is 17.5 Å². The van der Waals surface area contributed by atoms with E-state index in [1.54, 1.807) is 78.9 Å². The first-order valence-corrected chi connectivity index (χ1v) is 9.63. The Morgan fingerprint density at radius 1 is 0.538 bits per heavy atom. The maximum Gasteiger partial charge on any atom is 0.0559 e. The van der Waals surface area contributed by atoms with Crippen LogP contribution in [0.3, 0.4) is 0 Å². The van der Waals surface area contributed by atoms with Gasteiger partial charge in [-0.3, -0.25) is 17.0 Å². The van der Waals surface area contributed by atoms with Gasteiger partial charge in [0.2, 0.25) is 0 Å². The van der Waals surface area contributed by atoms with Crippen LogP contribution < -0.4 is 8.61 Å². The highest BCUT2D eigenvalue weighted by Gasteiger charge is 2.14. The first kappa shape index (κ1) is 18.3. The molecular weight excluding hydrogens is 372 g/mol. The summed E-state index contributed by atoms with van der Waals surface area (Å²) < 4.78 is 49.3. The molecule has 3 aromatic rings. The summed E-state index contributed by atoms with van der Waals surface area (Å²) in [5.41, 5.74) is 1.56. The number of hydrogen-bond acceptors (Lipinski definition) is 4. The van der Waals surface area contributed by atoms with Crippen LogP contribution in [0.4, 0.5) is 22.7 Å². The van der Waals surface area contributed by atoms with Crippen LogP contribution in [-0.2, 0) is 22.5 Å². The van der Waals surface area contributed by atoms with E-state index in [0.717, 1.165) is 8.61 Å². The molecule has 0 bridgehead atoms. The molecule has 0 aliphatic heterocycles. The normalized spacial score (nSPS) is 13.0. The fraction of sp³-hybridized carbons (Fsp3) is 0. The molecule has 0 saturated heterocycles. The van der Waals surface area contributed by atoms with Crippen LogP contribution in [0.1, 0.15) is 0 Å². The molecule has 134 valence electrons. The van der Waals surface area contributed by atoms with E-state index in [-0.39, 0.29) is 0 Å². The van der Waals surface area contributed by atoms with Gasteiger partial charge in [0.25, 0.3) is 0 Å². The lowest BCUT2D eigenvalue weighted by molar-refractivity contribution is 0.536. The van der Waals surface area contributed by atoms with Gasteiger partial charge in [-0.25, -0.2) is 0 Å². The Morgan fingerprint density at radius 3 is 1.23 bits per heavy atom. The Bertz CT molecular complexity index is 850. The van der Waals surface area contributed by atoms with Crippen molar-refractivity contribution in [2.75, 3.05) is 8.61 Å². The lowest BCUT2D eigenvalue weighted by atomic mass is 10.2. The minimum absolute atomic E-state index is 0.327. The zero-order chi connectivity index (χ0) is 18.5. The second-order valence-corrected chi connectivity index (χ2v) is 6.81. The maximum absolute atomic E-state index is 11.8. The third-order valence-electron chi connectivity index (χ3n) is 3.58. The first-order chi connectivity index (χ1) is 12.6. The average molecular weight is 386 g/mol. The Labute approximate surface area is 156 Å². The molecule has 0 amide bonds. The van der Waals surface area contributed by atoms with Gasteiger partial charge >= 0.3 is 0 Å². The lowest BCUT2D eigenvalue weighted by Crippen LogP contribution is -2.22. The molecule has 3 aromatic carbocycles. The maximum atomic E-state index is 11.8. The third kappa shape index (κ3) is 4.00. The molecule has 0 heterocycles. The van der Waals surface area contributed by atoms with Gasteiger partial charge in [0, 0.05) is 0 Å². The van der Waals surface area contributed by atoms with E-state index >= 15 is 0 Å². The molecule has 0 radical (unpaired) electrons. The van der Waals surface area contributed by atoms with E-state index in [9.17, 15) is 17.5 Å². The monoisotopic (exact) mass is 386 g/mol. The van der Waals surface area contributed by atoms with Crippen molar-refractivity contribution in [1.82, 2.24) is 0 Å². The van der Waals surface area contributed by atoms with Gasteiger partial charge in [-0.1, -0.05) is 42.5 Å². The number of benzene rings is 3. The summed E-state index contributed by atoms with van der Waals surface area (Å²) in [6.45, 7) is 0. The Hall–Kier alpha value is -2.52. The molecule has 26 heavy (non-hydrogen) atoms. The number of nitrogens with zero attached hydrogens (tertiary/aromatic N) is 2. The first-order valence-electron chi connectivity index (χ1n) is 7.57. The summed E-state index contributed by atoms with van der Waals surface area (Å²) in [6.07, 6.45) is 0. The summed E-state index contributed by atoms with van der Waals surface area (Å²) >= 11 is -5.14. The van der Waals surface area contributed by atoms with Crippen LogP contribution in [0, 0.1) is 0 Å². The summed E-state index contributed by atoms with van der Waals surface area (Å²) in [5, 5.41) is 0. The van der Waals surface area contributed by atoms with Gasteiger partial charge in [0.15, 0.2) is 0 Å². The zero-order valence-corrected chi connectivity index (χ0v) is 15.1. The van der Waals surface area contributed by atoms with Crippen molar-refractivity contribution in [3.63, 3.8) is 0 Å². The molecule has 0 fully saturated rings. The number of hydrogen-bond donors (Lipinski definition) is 0. The van der Waals surface area contributed by atoms with Gasteiger partial charge in [0.05, 0.1) is 45.3 Å². The number of anilines is 4. The summed E-state index contributed by atoms with van der Waals surface area (Å²) in [5.74, 6) is 0. The fourth-order valence-electron chi connectivity index (χ4n) is 2.51. The van der Waals surface area contributed by atoms with Gasteiger partial charge in [-0.2, -0.15) is 0 Å². The summed E-state index contributed by atoms with van der Waals surface area (Å²) in [4.78, 5) is 0. The number of para-hydroxylation sites is 2. The van der Waals surface area contributed by atoms with E-state index in [1.807, 2.05) is 0 Å². The Balaban J connectivity index is 2.06. The van der Waals surface area contributed by atoms with Crippen LogP contribution in [0.15, 0.2) is 84.9 Å². The Morgan fingerprint density at radius 2 is 0.885 bits per heavy atom. The second kappa shape index (κ2) is 8.24. The minimum Gasteiger partial charge on any atom is -0.755 e. The van der Waals surface area contributed by atoms with Crippen molar-refractivity contribution in [2.45, 2.75) is 0 Å². The second-order valence-electron chi connectivity index (χ2n) is 5.21. The highest BCUT2D eigenvalue weighted by Crippen LogP contribution is 2.33. The molecule has 0 N–H and O–H groups in total. The molecule has 0 saturated carbocycles. The van der Waals surface area contributed by atoms with Crippen molar-refractivity contribution in [3.8, 4) is 0 Å². The van der Waals surface area contributed by atoms with Gasteiger partial charge in [0.1, 0.15) is 0 Å². The highest BCUT2D eigenvalue weighted by molar-refractivity contribution is 7.81. The summed E-state index contributed by atoms with van der Waals surface area (Å²) in [6, 6.07) is 23.4. The topological polar surface area (TPSA) is 86.7 Å². The van der Waals surface area contributed by atoms with Crippen molar-refractivity contribution in [3.05, 3.63) is 84.9 Å². The average Bonchev–Trinajstić information content (AvgIpc) is 2.64. The molecule has 0 spiro atoms. The van der Waals surface area contributed by atoms with Crippen LogP contribution in [0.25, 0.3) is 0 Å². The van der Waals surface area contributed by atoms with Gasteiger partial charge < -0.3 is 9.11 Å². The minimum atomic E-state index is -2.57. The lowest BCUT2D eigenvalue weighted by Gasteiger charge is -2.30. The molecule has 0 aromatic heterocycles. The standard InChI is InChI=1S/C18H16N2O4S2/c21-25(22)19(15-8-3-1-4-9-15)17-12-7-13-18(14-17)20(26(23)24)16-10-5-2-6-11-16/h1-14H,(H,21,22)(H,23,24)/p-2. The molecule has 0 aliphatic rings. The van der Waals surface area contributed by atoms with Gasteiger partial charge in [-0.05, 0) is 42.5 Å². The fourth-order valence-corrected chi connectivity index (χ4v) is 3.67. The predicted molar refractivity (Wildman–Crippen MR) is 101 cm³/mol. The van der Waals surface area contributed by atoms with Gasteiger partial charge in [-0.15, -0.1) is 0 Å². The molecule has 8 heteroatoms. The van der Waals surface area contributed by atoms with Crippen LogP contribution >= 0.6 is 0 Å². The largest absolute Gasteiger partial charge is 0.755 e. The van der Waals surface area contributed by atoms with Crippen molar-refractivity contribution >= 4 is 45.3 Å². The molecule has 6 nitrogen and oxygen atoms in total. The molecular formula is C18H14N2O4S2-2. The Kier molecular flexibility index (Phi) is 5.79. The van der Waals surface area contributed by atoms with E-state index in [0.29, 0.717) is 22.7 Å². The van der Waals surface area contributed by atoms with E-state index in [2.05, 4.69) is 0 Å². The quantitative estimate of drug-likeness (QED) is 0.606. The SMILES string of the molecule is O=S([O-])N(c1ccccc1)c1cccc(N(c2ccccc2)S(=O)[O-])c1. The van der Waals surface area contributed by atoms with Crippen molar-refractivity contribution in [2.24, 2.45) is 0 Å². The molecule has 0 aliphatic carbocycles. The number of rotatable bonds is 6. The van der Waals surface area contributed by atoms with E-state index < -0.39 is 22.5 Å². The van der Waals surface area contributed by atoms with E-state index in [4.69, 9.17) is 0 Å². The van der Waals surface area contributed by atoms with Crippen LogP contribution in [0.2, 0.25) is 0 Å². The van der Waals surface area contributed by atoms with Crippen molar-refractivity contribution in [1.29, 1.82) is 0 Å². The zero-order valence-electron chi connectivity index (χ0n) is 13.4. The van der Waals surface area contributed by atoms with Crippen LogP contribution in [0.5, 0.6) is 0 Å². The van der Waals surface area contributed by atoms with Crippen LogP contribution in [-0.4, -0.2) is 17.5 Å². The third-order valence-corrected chi connectivity index (χ3v) is 5.02. The smallest absolute Gasteiger partial charge is 0.0559 e. The summed E-state index contributed by atoms with van der Waals surface area (Å²) in [7, 11) is 0. The highest BCUT2D eigenvalue weighted by atomic mass is 32.2. The predicted octanol–water partition coefficient (Wildman–Crippen LogP) is 3.55. The molecule has 3 rings (SSSR count).